The summed E-state index contributed by atoms with van der Waals surface area (Å²) in [4.78, 5) is 0. The van der Waals surface area contributed by atoms with Crippen LogP contribution in [0.4, 0.5) is 0 Å². The number of hydrogen-bond donors (Lipinski definition) is 1. The van der Waals surface area contributed by atoms with Gasteiger partial charge in [-0.25, -0.2) is 0 Å². The first-order valence-electron chi connectivity index (χ1n) is 2.58. The van der Waals surface area contributed by atoms with E-state index >= 15 is 0 Å². The first kappa shape index (κ1) is 7.56. The highest BCUT2D eigenvalue weighted by atomic mass is 16.3. The molecule has 0 aliphatic carbocycles. The predicted octanol–water partition coefficient (Wildman–Crippen LogP) is -1.38. The van der Waals surface area contributed by atoms with Gasteiger partial charge in [0.05, 0.1) is 0 Å². The maximum absolute atomic E-state index is 10.6. The van der Waals surface area contributed by atoms with Crippen molar-refractivity contribution in [2.45, 2.75) is 32.4 Å². The van der Waals surface area contributed by atoms with E-state index < -0.39 is 11.6 Å². The van der Waals surface area contributed by atoms with Crippen LogP contribution >= 0.6 is 0 Å². The van der Waals surface area contributed by atoms with Gasteiger partial charge in [0.15, 0.2) is 0 Å². The molecule has 0 rings (SSSR count). The highest BCUT2D eigenvalue weighted by Crippen LogP contribution is 1.96. The molecule has 0 aliphatic heterocycles. The molecule has 3 heteroatoms. The summed E-state index contributed by atoms with van der Waals surface area (Å²) >= 11 is 0. The van der Waals surface area contributed by atoms with Crippen LogP contribution < -0.4 is 10.2 Å². The van der Waals surface area contributed by atoms with Crippen LogP contribution in [0.3, 0.4) is 0 Å². The first-order valence-corrected chi connectivity index (χ1v) is 2.58. The van der Waals surface area contributed by atoms with E-state index in [-0.39, 0.29) is 0 Å². The van der Waals surface area contributed by atoms with Crippen LogP contribution in [0.1, 0.15) is 20.8 Å². The quantitative estimate of drug-likeness (QED) is 0.443. The van der Waals surface area contributed by atoms with Crippen LogP contribution in [-0.2, 0) is 0 Å². The Hall–Kier alpha value is -0.440. The second kappa shape index (κ2) is 2.22. The molecule has 0 fully saturated rings. The van der Waals surface area contributed by atoms with E-state index in [0.29, 0.717) is 0 Å². The summed E-state index contributed by atoms with van der Waals surface area (Å²) in [6, 6.07) is 0. The molecule has 0 aromatic heterocycles. The van der Waals surface area contributed by atoms with E-state index in [1.165, 1.54) is 6.92 Å². The summed E-state index contributed by atoms with van der Waals surface area (Å²) < 4.78 is 0. The maximum atomic E-state index is 10.6. The molecule has 0 bridgehead atoms. The number of rotatable bonds is 2. The Labute approximate surface area is 49.2 Å². The van der Waals surface area contributed by atoms with Crippen molar-refractivity contribution >= 4 is 0 Å². The molecule has 1 atom stereocenters. The Bertz CT molecular complexity index is 88.4. The van der Waals surface area contributed by atoms with Gasteiger partial charge in [-0.3, -0.25) is 0 Å². The van der Waals surface area contributed by atoms with Gasteiger partial charge in [0.1, 0.15) is 5.54 Å². The average Bonchev–Trinajstić information content (AvgIpc) is 1.67. The van der Waals surface area contributed by atoms with E-state index in [1.807, 2.05) is 5.11 Å². The predicted molar refractivity (Wildman–Crippen MR) is 27.9 cm³/mol. The van der Waals surface area contributed by atoms with Crippen molar-refractivity contribution in [3.63, 3.8) is 0 Å². The van der Waals surface area contributed by atoms with Gasteiger partial charge in [0, 0.05) is 0 Å². The molecule has 0 saturated heterocycles. The lowest BCUT2D eigenvalue weighted by Gasteiger charge is -2.28. The van der Waals surface area contributed by atoms with Crippen LogP contribution in [0.15, 0.2) is 0 Å². The van der Waals surface area contributed by atoms with E-state index in [4.69, 9.17) is 5.53 Å². The fourth-order valence-corrected chi connectivity index (χ4v) is 0.0909. The average molecular weight is 115 g/mol. The molecular weight excluding hydrogens is 104 g/mol. The van der Waals surface area contributed by atoms with E-state index in [2.05, 4.69) is 0 Å². The molecule has 3 nitrogen and oxygen atoms in total. The highest BCUT2D eigenvalue weighted by Gasteiger charge is 2.17. The molecule has 1 unspecified atom stereocenters. The second-order valence-corrected chi connectivity index (χ2v) is 2.48. The van der Waals surface area contributed by atoms with E-state index in [1.54, 1.807) is 13.8 Å². The Morgan fingerprint density at radius 3 is 2.00 bits per heavy atom. The summed E-state index contributed by atoms with van der Waals surface area (Å²) in [6.45, 7) is 4.79. The van der Waals surface area contributed by atoms with Gasteiger partial charge in [-0.1, -0.05) is 13.0 Å². The number of hydrogen-bond acceptors (Lipinski definition) is 1. The standard InChI is InChI=1S/C5H11N2O/c1-4(8)5(2,3)7-6/h4,7H,1-3H3/q-1. The topological polar surface area (TPSA) is 59.3 Å². The second-order valence-electron chi connectivity index (χ2n) is 2.48. The first-order chi connectivity index (χ1) is 3.50. The zero-order valence-corrected chi connectivity index (χ0v) is 5.43. The molecule has 48 valence electrons. The monoisotopic (exact) mass is 115 g/mol. The van der Waals surface area contributed by atoms with Crippen LogP contribution in [-0.4, -0.2) is 11.6 Å². The fourth-order valence-electron chi connectivity index (χ4n) is 0.0909. The lowest BCUT2D eigenvalue weighted by molar-refractivity contribution is -0.622. The third-order valence-electron chi connectivity index (χ3n) is 1.30. The Morgan fingerprint density at radius 1 is 1.62 bits per heavy atom. The normalized spacial score (nSPS) is 15.5. The van der Waals surface area contributed by atoms with Crippen LogP contribution in [0, 0.1) is 0 Å². The van der Waals surface area contributed by atoms with Crippen molar-refractivity contribution in [2.75, 3.05) is 0 Å². The van der Waals surface area contributed by atoms with Gasteiger partial charge >= 0.3 is 0 Å². The largest absolute Gasteiger partial charge is 0.847 e. The van der Waals surface area contributed by atoms with Gasteiger partial charge in [-0.2, -0.15) is 0 Å². The van der Waals surface area contributed by atoms with Crippen molar-refractivity contribution in [2.24, 2.45) is 0 Å². The Morgan fingerprint density at radius 2 is 2.00 bits per heavy atom. The minimum atomic E-state index is -0.799. The molecule has 0 saturated carbocycles. The maximum Gasteiger partial charge on any atom is 0.130 e. The zero-order valence-electron chi connectivity index (χ0n) is 5.43. The SMILES string of the molecule is CC([O-])C(C)(C)[NH+]=[N-]. The molecule has 0 aliphatic rings. The third-order valence-corrected chi connectivity index (χ3v) is 1.30. The molecule has 1 N–H and O–H groups in total. The molecule has 0 spiro atoms. The summed E-state index contributed by atoms with van der Waals surface area (Å²) in [5.41, 5.74) is 7.61. The summed E-state index contributed by atoms with van der Waals surface area (Å²) in [6.07, 6.45) is -0.799. The zero-order chi connectivity index (χ0) is 6.78. The number of nitrogens with zero attached hydrogens (tertiary/aromatic N) is 1. The Balaban J connectivity index is 3.90. The summed E-state index contributed by atoms with van der Waals surface area (Å²) in [5.74, 6) is 0. The van der Waals surface area contributed by atoms with Crippen molar-refractivity contribution in [3.05, 3.63) is 5.53 Å². The van der Waals surface area contributed by atoms with Gasteiger partial charge in [0.25, 0.3) is 0 Å². The number of nitrogens with one attached hydrogen (secondary N) is 1. The Kier molecular flexibility index (Phi) is 2.10. The van der Waals surface area contributed by atoms with Crippen molar-refractivity contribution in [3.8, 4) is 0 Å². The third kappa shape index (κ3) is 1.58. The van der Waals surface area contributed by atoms with E-state index in [0.717, 1.165) is 0 Å². The van der Waals surface area contributed by atoms with Crippen molar-refractivity contribution < 1.29 is 10.2 Å². The molecule has 0 aromatic rings. The lowest BCUT2D eigenvalue weighted by atomic mass is 10.0. The summed E-state index contributed by atoms with van der Waals surface area (Å²) in [7, 11) is 0. The highest BCUT2D eigenvalue weighted by molar-refractivity contribution is 4.68. The van der Waals surface area contributed by atoms with Gasteiger partial charge in [-0.05, 0) is 13.8 Å². The minimum absolute atomic E-state index is 0.708. The van der Waals surface area contributed by atoms with Gasteiger partial charge in [0.2, 0.25) is 0 Å². The fraction of sp³-hybridized carbons (Fsp3) is 1.00. The molecule has 0 aromatic carbocycles. The van der Waals surface area contributed by atoms with Crippen molar-refractivity contribution in [1.29, 1.82) is 0 Å². The van der Waals surface area contributed by atoms with Crippen molar-refractivity contribution in [1.82, 2.24) is 0 Å². The van der Waals surface area contributed by atoms with Crippen LogP contribution in [0.25, 0.3) is 5.53 Å². The van der Waals surface area contributed by atoms with Crippen LogP contribution in [0.2, 0.25) is 0 Å². The molecular formula is C5H11N2O-. The lowest BCUT2D eigenvalue weighted by Crippen LogP contribution is -2.84. The smallest absolute Gasteiger partial charge is 0.130 e. The molecule has 0 heterocycles. The van der Waals surface area contributed by atoms with E-state index in [9.17, 15) is 5.11 Å². The minimum Gasteiger partial charge on any atom is -0.847 e. The van der Waals surface area contributed by atoms with Gasteiger partial charge < -0.3 is 15.8 Å². The molecule has 8 heavy (non-hydrogen) atoms. The molecule has 0 amide bonds. The summed E-state index contributed by atoms with van der Waals surface area (Å²) in [5, 5.41) is 12.5. The van der Waals surface area contributed by atoms with Crippen LogP contribution in [0.5, 0.6) is 0 Å². The van der Waals surface area contributed by atoms with Gasteiger partial charge in [-0.15, -0.1) is 0 Å². The molecule has 0 radical (unpaired) electrons.